The van der Waals surface area contributed by atoms with E-state index in [2.05, 4.69) is 0 Å². The maximum Gasteiger partial charge on any atom is 0.488 e. The predicted octanol–water partition coefficient (Wildman–Crippen LogP) is 3.17. The number of rotatable bonds is 1. The summed E-state index contributed by atoms with van der Waals surface area (Å²) in [6.45, 7) is 0. The first kappa shape index (κ1) is 12.8. The van der Waals surface area contributed by atoms with Crippen molar-refractivity contribution in [2.75, 3.05) is 0 Å². The highest BCUT2D eigenvalue weighted by molar-refractivity contribution is 6.59. The molecule has 2 N–H and O–H groups in total. The lowest BCUT2D eigenvalue weighted by atomic mass is 9.80. The number of furan rings is 2. The van der Waals surface area contributed by atoms with Crippen molar-refractivity contribution in [1.82, 2.24) is 0 Å². The molecule has 5 heteroatoms. The third kappa shape index (κ3) is 1.69. The van der Waals surface area contributed by atoms with Crippen LogP contribution in [0.4, 0.5) is 0 Å². The van der Waals surface area contributed by atoms with Crippen LogP contribution in [0.15, 0.2) is 63.4 Å². The fraction of sp³-hybridized carbons (Fsp3) is 0. The first-order chi connectivity index (χ1) is 11.2. The normalized spacial score (nSPS) is 11.9. The number of para-hydroxylation sites is 1. The van der Waals surface area contributed by atoms with Gasteiger partial charge in [-0.05, 0) is 29.7 Å². The molecule has 5 aromatic rings. The minimum Gasteiger partial charge on any atom is -0.456 e. The number of benzene rings is 3. The molecule has 0 fully saturated rings. The first-order valence-electron chi connectivity index (χ1n) is 7.35. The summed E-state index contributed by atoms with van der Waals surface area (Å²) in [5.74, 6) is 0. The van der Waals surface area contributed by atoms with Crippen molar-refractivity contribution in [3.63, 3.8) is 0 Å². The topological polar surface area (TPSA) is 66.7 Å². The van der Waals surface area contributed by atoms with Gasteiger partial charge < -0.3 is 18.9 Å². The highest BCUT2D eigenvalue weighted by Gasteiger charge is 2.18. The van der Waals surface area contributed by atoms with Crippen LogP contribution in [-0.2, 0) is 0 Å². The van der Waals surface area contributed by atoms with Crippen molar-refractivity contribution in [2.24, 2.45) is 0 Å². The second-order valence-corrected chi connectivity index (χ2v) is 5.64. The summed E-state index contributed by atoms with van der Waals surface area (Å²) in [4.78, 5) is 0. The zero-order valence-electron chi connectivity index (χ0n) is 12.0. The van der Waals surface area contributed by atoms with Gasteiger partial charge in [-0.3, -0.25) is 0 Å². The standard InChI is InChI=1S/C18H11BO4/c20-19(21)10-5-6-13-16(9-10)22-15-8-7-12-11-3-1-2-4-14(11)23-18(12)17(13)15/h1-9,20-21H. The molecule has 23 heavy (non-hydrogen) atoms. The summed E-state index contributed by atoms with van der Waals surface area (Å²) >= 11 is 0. The molecule has 2 aromatic heterocycles. The zero-order valence-corrected chi connectivity index (χ0v) is 12.0. The lowest BCUT2D eigenvalue weighted by molar-refractivity contribution is 0.425. The second-order valence-electron chi connectivity index (χ2n) is 5.64. The maximum absolute atomic E-state index is 9.32. The largest absolute Gasteiger partial charge is 0.488 e. The van der Waals surface area contributed by atoms with E-state index in [0.717, 1.165) is 38.3 Å². The van der Waals surface area contributed by atoms with Crippen LogP contribution in [0.5, 0.6) is 0 Å². The highest BCUT2D eigenvalue weighted by atomic mass is 16.4. The molecular formula is C18H11BO4. The van der Waals surface area contributed by atoms with Crippen LogP contribution in [-0.4, -0.2) is 17.2 Å². The molecule has 2 heterocycles. The molecule has 0 bridgehead atoms. The molecule has 4 nitrogen and oxygen atoms in total. The van der Waals surface area contributed by atoms with Crippen molar-refractivity contribution in [3.8, 4) is 0 Å². The highest BCUT2D eigenvalue weighted by Crippen LogP contribution is 2.38. The van der Waals surface area contributed by atoms with Gasteiger partial charge in [0, 0.05) is 16.2 Å². The summed E-state index contributed by atoms with van der Waals surface area (Å²) < 4.78 is 11.9. The Hall–Kier alpha value is -2.76. The molecule has 110 valence electrons. The summed E-state index contributed by atoms with van der Waals surface area (Å²) in [6.07, 6.45) is 0. The molecule has 0 aliphatic carbocycles. The van der Waals surface area contributed by atoms with Gasteiger partial charge in [-0.1, -0.05) is 30.3 Å². The van der Waals surface area contributed by atoms with Gasteiger partial charge in [-0.2, -0.15) is 0 Å². The van der Waals surface area contributed by atoms with Gasteiger partial charge in [0.25, 0.3) is 0 Å². The van der Waals surface area contributed by atoms with E-state index < -0.39 is 7.12 Å². The van der Waals surface area contributed by atoms with Crippen molar-refractivity contribution >= 4 is 56.5 Å². The third-order valence-electron chi connectivity index (χ3n) is 4.30. The predicted molar refractivity (Wildman–Crippen MR) is 90.8 cm³/mol. The van der Waals surface area contributed by atoms with Crippen LogP contribution in [0.2, 0.25) is 0 Å². The van der Waals surface area contributed by atoms with Crippen molar-refractivity contribution in [3.05, 3.63) is 54.6 Å². The molecule has 0 saturated carbocycles. The molecule has 0 spiro atoms. The Morgan fingerprint density at radius 3 is 2.39 bits per heavy atom. The van der Waals surface area contributed by atoms with Crippen LogP contribution in [0.25, 0.3) is 43.9 Å². The average molecular weight is 302 g/mol. The lowest BCUT2D eigenvalue weighted by Crippen LogP contribution is -2.29. The Bertz CT molecular complexity index is 1200. The molecule has 5 rings (SSSR count). The van der Waals surface area contributed by atoms with Gasteiger partial charge in [-0.25, -0.2) is 0 Å². The van der Waals surface area contributed by atoms with Gasteiger partial charge >= 0.3 is 7.12 Å². The fourth-order valence-electron chi connectivity index (χ4n) is 3.22. The van der Waals surface area contributed by atoms with Crippen LogP contribution < -0.4 is 5.46 Å². The van der Waals surface area contributed by atoms with Crippen molar-refractivity contribution in [2.45, 2.75) is 0 Å². The van der Waals surface area contributed by atoms with Gasteiger partial charge in [0.15, 0.2) is 0 Å². The molecular weight excluding hydrogens is 291 g/mol. The van der Waals surface area contributed by atoms with Gasteiger partial charge in [-0.15, -0.1) is 0 Å². The minimum absolute atomic E-state index is 0.400. The number of fused-ring (bicyclic) bond motifs is 7. The maximum atomic E-state index is 9.32. The minimum atomic E-state index is -1.51. The summed E-state index contributed by atoms with van der Waals surface area (Å²) in [5, 5.41) is 22.6. The Labute approximate surface area is 130 Å². The van der Waals surface area contributed by atoms with E-state index in [1.54, 1.807) is 12.1 Å². The van der Waals surface area contributed by atoms with E-state index in [1.807, 2.05) is 42.5 Å². The van der Waals surface area contributed by atoms with Crippen molar-refractivity contribution < 1.29 is 18.9 Å². The summed E-state index contributed by atoms with van der Waals surface area (Å²) in [7, 11) is -1.51. The van der Waals surface area contributed by atoms with Crippen LogP contribution in [0, 0.1) is 0 Å². The smallest absolute Gasteiger partial charge is 0.456 e. The number of hydrogen-bond donors (Lipinski definition) is 2. The van der Waals surface area contributed by atoms with E-state index in [-0.39, 0.29) is 0 Å². The monoisotopic (exact) mass is 302 g/mol. The molecule has 0 radical (unpaired) electrons. The van der Waals surface area contributed by atoms with Gasteiger partial charge in [0.2, 0.25) is 0 Å². The fourth-order valence-corrected chi connectivity index (χ4v) is 3.22. The van der Waals surface area contributed by atoms with E-state index >= 15 is 0 Å². The van der Waals surface area contributed by atoms with Crippen LogP contribution in [0.3, 0.4) is 0 Å². The second kappa shape index (κ2) is 4.38. The number of hydrogen-bond acceptors (Lipinski definition) is 4. The Balaban J connectivity index is 1.97. The summed E-state index contributed by atoms with van der Waals surface area (Å²) in [5.41, 5.74) is 3.36. The van der Waals surface area contributed by atoms with E-state index in [0.29, 0.717) is 11.0 Å². The van der Waals surface area contributed by atoms with Gasteiger partial charge in [0.1, 0.15) is 22.3 Å². The Morgan fingerprint density at radius 1 is 0.696 bits per heavy atom. The summed E-state index contributed by atoms with van der Waals surface area (Å²) in [6, 6.07) is 17.0. The Morgan fingerprint density at radius 2 is 1.52 bits per heavy atom. The zero-order chi connectivity index (χ0) is 15.6. The molecule has 0 amide bonds. The molecule has 0 atom stereocenters. The first-order valence-corrected chi connectivity index (χ1v) is 7.35. The van der Waals surface area contributed by atoms with Crippen LogP contribution in [0.1, 0.15) is 0 Å². The Kier molecular flexibility index (Phi) is 2.43. The van der Waals surface area contributed by atoms with E-state index in [4.69, 9.17) is 8.83 Å². The average Bonchev–Trinajstić information content (AvgIpc) is 3.11. The van der Waals surface area contributed by atoms with Gasteiger partial charge in [0.05, 0.1) is 5.39 Å². The molecule has 0 aliphatic heterocycles. The lowest BCUT2D eigenvalue weighted by Gasteiger charge is -1.97. The van der Waals surface area contributed by atoms with E-state index in [1.165, 1.54) is 0 Å². The quantitative estimate of drug-likeness (QED) is 0.467. The molecule has 0 aliphatic rings. The van der Waals surface area contributed by atoms with Crippen molar-refractivity contribution in [1.29, 1.82) is 0 Å². The molecule has 3 aromatic carbocycles. The molecule has 0 unspecified atom stereocenters. The van der Waals surface area contributed by atoms with Crippen LogP contribution >= 0.6 is 0 Å². The van der Waals surface area contributed by atoms with E-state index in [9.17, 15) is 10.0 Å². The SMILES string of the molecule is OB(O)c1ccc2c(c1)oc1ccc3c4ccccc4oc3c12. The molecule has 0 saturated heterocycles. The third-order valence-corrected chi connectivity index (χ3v) is 4.30.